The number of aromatic amines is 2. The Morgan fingerprint density at radius 2 is 1.82 bits per heavy atom. The van der Waals surface area contributed by atoms with E-state index in [2.05, 4.69) is 35.5 Å². The quantitative estimate of drug-likeness (QED) is 0.235. The van der Waals surface area contributed by atoms with Gasteiger partial charge >= 0.3 is 0 Å². The van der Waals surface area contributed by atoms with Crippen LogP contribution in [-0.4, -0.2) is 41.0 Å². The number of fused-ring (bicyclic) bond motifs is 2. The van der Waals surface area contributed by atoms with Crippen molar-refractivity contribution >= 4 is 44.9 Å². The molecule has 3 N–H and O–H groups in total. The summed E-state index contributed by atoms with van der Waals surface area (Å²) in [6.45, 7) is 0. The Hall–Kier alpha value is -5.29. The van der Waals surface area contributed by atoms with Gasteiger partial charge in [0.05, 0.1) is 47.1 Å². The average Bonchev–Trinajstić information content (AvgIpc) is 3.73. The molecule has 0 unspecified atom stereocenters. The van der Waals surface area contributed by atoms with Crippen molar-refractivity contribution in [3.8, 4) is 33.2 Å². The highest BCUT2D eigenvalue weighted by Crippen LogP contribution is 2.35. The lowest BCUT2D eigenvalue weighted by atomic mass is 10.1. The highest BCUT2D eigenvalue weighted by atomic mass is 32.1. The maximum atomic E-state index is 16.1. The van der Waals surface area contributed by atoms with E-state index in [1.54, 1.807) is 29.8 Å². The lowest BCUT2D eigenvalue weighted by Crippen LogP contribution is -2.14. The summed E-state index contributed by atoms with van der Waals surface area (Å²) in [5.41, 5.74) is 4.90. The number of amides is 1. The summed E-state index contributed by atoms with van der Waals surface area (Å²) in [6, 6.07) is 15.0. The van der Waals surface area contributed by atoms with Crippen LogP contribution in [0.3, 0.4) is 0 Å². The number of nitrogens with one attached hydrogen (secondary N) is 3. The van der Waals surface area contributed by atoms with Crippen molar-refractivity contribution in [3.63, 3.8) is 0 Å². The van der Waals surface area contributed by atoms with E-state index in [1.807, 2.05) is 47.8 Å². The van der Waals surface area contributed by atoms with Gasteiger partial charge in [-0.25, -0.2) is 9.37 Å². The molecule has 1 aromatic carbocycles. The molecule has 0 radical (unpaired) electrons. The first-order chi connectivity index (χ1) is 19.6. The molecule has 0 saturated heterocycles. The normalized spacial score (nSPS) is 11.3. The molecule has 0 aliphatic rings. The maximum absolute atomic E-state index is 16.1. The van der Waals surface area contributed by atoms with Gasteiger partial charge in [0.15, 0.2) is 11.6 Å². The van der Waals surface area contributed by atoms with E-state index in [0.717, 1.165) is 27.0 Å². The molecule has 0 saturated carbocycles. The number of carbonyl (C=O) groups is 1. The monoisotopic (exact) mass is 546 g/mol. The Balaban J connectivity index is 1.24. The minimum Gasteiger partial charge on any atom is -0.335 e. The molecule has 6 aromatic heterocycles. The summed E-state index contributed by atoms with van der Waals surface area (Å²) in [5, 5.41) is 12.3. The van der Waals surface area contributed by atoms with Crippen LogP contribution in [0.2, 0.25) is 0 Å². The number of hydrogen-bond acceptors (Lipinski definition) is 7. The molecule has 40 heavy (non-hydrogen) atoms. The fourth-order valence-corrected chi connectivity index (χ4v) is 5.37. The number of carbonyl (C=O) groups excluding carboxylic acids is 1. The van der Waals surface area contributed by atoms with Crippen LogP contribution in [0, 0.1) is 5.82 Å². The number of aromatic nitrogens is 7. The minimum atomic E-state index is -0.576. The standard InChI is InChI=1S/C29H19FN8OS/c30-25-24-20(37-38-28(24)29-35-21-14-32-13-19(27(21)36-29)22-7-4-8-40-22)15-33-26(25)17-10-18(12-31-11-17)34-23(39)9-16-5-2-1-3-6-16/h1-8,10-15H,9H2,(H,34,39)(H,35,36)(H,37,38). The Kier molecular flexibility index (Phi) is 5.82. The van der Waals surface area contributed by atoms with E-state index >= 15 is 4.39 Å². The third-order valence-electron chi connectivity index (χ3n) is 6.45. The average molecular weight is 547 g/mol. The zero-order valence-corrected chi connectivity index (χ0v) is 21.5. The van der Waals surface area contributed by atoms with Crippen molar-refractivity contribution < 1.29 is 9.18 Å². The molecule has 1 amide bonds. The highest BCUT2D eigenvalue weighted by molar-refractivity contribution is 7.13. The highest BCUT2D eigenvalue weighted by Gasteiger charge is 2.21. The molecule has 0 aliphatic carbocycles. The number of pyridine rings is 3. The molecule has 7 aromatic rings. The van der Waals surface area contributed by atoms with E-state index in [-0.39, 0.29) is 23.4 Å². The Morgan fingerprint density at radius 3 is 2.67 bits per heavy atom. The van der Waals surface area contributed by atoms with Crippen LogP contribution in [0.15, 0.2) is 84.9 Å². The Morgan fingerprint density at radius 1 is 0.950 bits per heavy atom. The second-order valence-corrected chi connectivity index (χ2v) is 10.0. The van der Waals surface area contributed by atoms with Gasteiger partial charge in [0.25, 0.3) is 0 Å². The van der Waals surface area contributed by atoms with Crippen LogP contribution in [0.5, 0.6) is 0 Å². The summed E-state index contributed by atoms with van der Waals surface area (Å²) in [5.74, 6) is -0.372. The molecule has 11 heteroatoms. The predicted octanol–water partition coefficient (Wildman–Crippen LogP) is 6.01. The summed E-state index contributed by atoms with van der Waals surface area (Å²) in [6.07, 6.45) is 8.20. The van der Waals surface area contributed by atoms with Gasteiger partial charge in [-0.3, -0.25) is 24.8 Å². The summed E-state index contributed by atoms with van der Waals surface area (Å²) in [4.78, 5) is 34.4. The van der Waals surface area contributed by atoms with Gasteiger partial charge in [-0.1, -0.05) is 36.4 Å². The number of thiophene rings is 1. The lowest BCUT2D eigenvalue weighted by Gasteiger charge is -2.08. The molecule has 0 aliphatic heterocycles. The van der Waals surface area contributed by atoms with Crippen LogP contribution in [-0.2, 0) is 11.2 Å². The van der Waals surface area contributed by atoms with Crippen LogP contribution in [0.1, 0.15) is 5.56 Å². The van der Waals surface area contributed by atoms with Gasteiger partial charge in [0, 0.05) is 28.4 Å². The molecule has 194 valence electrons. The van der Waals surface area contributed by atoms with E-state index in [4.69, 9.17) is 4.98 Å². The van der Waals surface area contributed by atoms with Gasteiger partial charge in [-0.2, -0.15) is 5.10 Å². The lowest BCUT2D eigenvalue weighted by molar-refractivity contribution is -0.115. The fourth-order valence-electron chi connectivity index (χ4n) is 4.63. The molecule has 0 fully saturated rings. The molecule has 6 heterocycles. The second kappa shape index (κ2) is 9.79. The molecule has 0 spiro atoms. The van der Waals surface area contributed by atoms with Crippen molar-refractivity contribution in [2.75, 3.05) is 5.32 Å². The van der Waals surface area contributed by atoms with E-state index < -0.39 is 5.82 Å². The summed E-state index contributed by atoms with van der Waals surface area (Å²) in [7, 11) is 0. The molecule has 7 rings (SSSR count). The van der Waals surface area contributed by atoms with Crippen molar-refractivity contribution in [2.45, 2.75) is 6.42 Å². The topological polar surface area (TPSA) is 125 Å². The zero-order valence-electron chi connectivity index (χ0n) is 20.7. The van der Waals surface area contributed by atoms with Gasteiger partial charge in [0.2, 0.25) is 5.91 Å². The van der Waals surface area contributed by atoms with Crippen molar-refractivity contribution in [1.82, 2.24) is 35.1 Å². The second-order valence-electron chi connectivity index (χ2n) is 9.10. The number of anilines is 1. The van der Waals surface area contributed by atoms with E-state index in [0.29, 0.717) is 28.3 Å². The Bertz CT molecular complexity index is 2000. The SMILES string of the molecule is O=C(Cc1ccccc1)Nc1cncc(-c2ncc3[nH]nc(-c4nc5c(-c6cccs6)cncc5[nH]4)c3c2F)c1. The van der Waals surface area contributed by atoms with E-state index in [1.165, 1.54) is 18.6 Å². The third-order valence-corrected chi connectivity index (χ3v) is 7.36. The van der Waals surface area contributed by atoms with Gasteiger partial charge in [-0.15, -0.1) is 11.3 Å². The van der Waals surface area contributed by atoms with Gasteiger partial charge < -0.3 is 10.3 Å². The van der Waals surface area contributed by atoms with Crippen molar-refractivity contribution in [3.05, 3.63) is 96.3 Å². The van der Waals surface area contributed by atoms with Crippen LogP contribution < -0.4 is 5.32 Å². The first-order valence-corrected chi connectivity index (χ1v) is 13.2. The molecular formula is C29H19FN8OS. The molecule has 0 bridgehead atoms. The van der Waals surface area contributed by atoms with Crippen LogP contribution >= 0.6 is 11.3 Å². The Labute approximate surface area is 230 Å². The first kappa shape index (κ1) is 23.8. The largest absolute Gasteiger partial charge is 0.335 e. The molecule has 9 nitrogen and oxygen atoms in total. The van der Waals surface area contributed by atoms with Crippen LogP contribution in [0.25, 0.3) is 55.2 Å². The first-order valence-electron chi connectivity index (χ1n) is 12.3. The number of H-pyrrole nitrogens is 2. The van der Waals surface area contributed by atoms with E-state index in [9.17, 15) is 4.79 Å². The maximum Gasteiger partial charge on any atom is 0.228 e. The number of imidazole rings is 1. The third kappa shape index (κ3) is 4.28. The number of rotatable bonds is 6. The summed E-state index contributed by atoms with van der Waals surface area (Å²) < 4.78 is 16.1. The van der Waals surface area contributed by atoms with Crippen molar-refractivity contribution in [2.24, 2.45) is 0 Å². The molecule has 0 atom stereocenters. The smallest absolute Gasteiger partial charge is 0.228 e. The number of nitrogens with zero attached hydrogens (tertiary/aromatic N) is 5. The fraction of sp³-hybridized carbons (Fsp3) is 0.0345. The zero-order chi connectivity index (χ0) is 27.1. The predicted molar refractivity (Wildman–Crippen MR) is 152 cm³/mol. The molecular weight excluding hydrogens is 527 g/mol. The number of benzene rings is 1. The van der Waals surface area contributed by atoms with Crippen molar-refractivity contribution in [1.29, 1.82) is 0 Å². The van der Waals surface area contributed by atoms with Crippen LogP contribution in [0.4, 0.5) is 10.1 Å². The van der Waals surface area contributed by atoms with Gasteiger partial charge in [-0.05, 0) is 23.1 Å². The summed E-state index contributed by atoms with van der Waals surface area (Å²) >= 11 is 1.59. The van der Waals surface area contributed by atoms with Gasteiger partial charge in [0.1, 0.15) is 16.9 Å². The minimum absolute atomic E-state index is 0.0823. The number of halogens is 1. The number of hydrogen-bond donors (Lipinski definition) is 3.